The first-order chi connectivity index (χ1) is 22.4. The third-order valence-electron chi connectivity index (χ3n) is 8.42. The van der Waals surface area contributed by atoms with Gasteiger partial charge in [0.25, 0.3) is 0 Å². The number of amides is 1. The van der Waals surface area contributed by atoms with E-state index in [-0.39, 0.29) is 0 Å². The quantitative estimate of drug-likeness (QED) is 0.189. The van der Waals surface area contributed by atoms with Gasteiger partial charge in [-0.05, 0) is 86.3 Å². The van der Waals surface area contributed by atoms with E-state index in [4.69, 9.17) is 9.72 Å². The van der Waals surface area contributed by atoms with Crippen LogP contribution in [0.5, 0.6) is 5.75 Å². The van der Waals surface area contributed by atoms with Crippen molar-refractivity contribution >= 4 is 34.9 Å². The number of benzene rings is 4. The maximum Gasteiger partial charge on any atom is 0.425 e. The van der Waals surface area contributed by atoms with Crippen molar-refractivity contribution in [1.29, 1.82) is 0 Å². The molecule has 1 saturated heterocycles. The summed E-state index contributed by atoms with van der Waals surface area (Å²) >= 11 is 0. The molecule has 0 unspecified atom stereocenters. The summed E-state index contributed by atoms with van der Waals surface area (Å²) in [6.07, 6.45) is 1.09. The van der Waals surface area contributed by atoms with E-state index in [0.29, 0.717) is 23.6 Å². The second kappa shape index (κ2) is 13.8. The molecule has 6 rings (SSSR count). The van der Waals surface area contributed by atoms with E-state index in [2.05, 4.69) is 46.1 Å². The van der Waals surface area contributed by atoms with Crippen LogP contribution in [0, 0.1) is 13.8 Å². The molecular formula is C38H40N6O2. The van der Waals surface area contributed by atoms with E-state index < -0.39 is 6.09 Å². The van der Waals surface area contributed by atoms with E-state index in [1.807, 2.05) is 98.8 Å². The lowest BCUT2D eigenvalue weighted by atomic mass is 10.1. The number of aryl methyl sites for hydroxylation is 2. The molecule has 234 valence electrons. The molecule has 1 amide bonds. The number of ether oxygens (including phenoxy) is 1. The highest BCUT2D eigenvalue weighted by atomic mass is 16.6. The molecule has 5 aromatic rings. The SMILES string of the molecule is Cc1cccc(C)c1N(C(=O)Oc1ccc(-c2ccccc2)cc1)c1ccnc(Nc2ccc(N3CCN(C(C)C)CC3)cc2)n1. The fraction of sp³-hybridized carbons (Fsp3) is 0.237. The zero-order chi connectivity index (χ0) is 32.0. The number of rotatable bonds is 8. The standard InChI is InChI=1S/C38H40N6O2/c1-27(2)42-23-25-43(26-24-42)33-17-15-32(16-18-33)40-37-39-22-21-35(41-37)44(36-28(3)9-8-10-29(36)4)38(45)46-34-19-13-31(14-20-34)30-11-6-5-7-12-30/h5-22,27H,23-26H2,1-4H3,(H,39,40,41). The van der Waals surface area contributed by atoms with Crippen molar-refractivity contribution in [3.63, 3.8) is 0 Å². The van der Waals surface area contributed by atoms with E-state index in [0.717, 1.165) is 59.8 Å². The molecule has 0 saturated carbocycles. The molecule has 1 fully saturated rings. The van der Waals surface area contributed by atoms with Crippen molar-refractivity contribution in [1.82, 2.24) is 14.9 Å². The summed E-state index contributed by atoms with van der Waals surface area (Å²) in [5.41, 5.74) is 6.77. The minimum atomic E-state index is -0.559. The fourth-order valence-electron chi connectivity index (χ4n) is 5.87. The molecule has 0 aliphatic carbocycles. The number of hydrogen-bond acceptors (Lipinski definition) is 7. The summed E-state index contributed by atoms with van der Waals surface area (Å²) in [4.78, 5) is 29.6. The van der Waals surface area contributed by atoms with Crippen molar-refractivity contribution in [2.24, 2.45) is 0 Å². The Kier molecular flexibility index (Phi) is 9.26. The lowest BCUT2D eigenvalue weighted by Crippen LogP contribution is -2.48. The molecule has 0 bridgehead atoms. The summed E-state index contributed by atoms with van der Waals surface area (Å²) in [6, 6.07) is 34.1. The minimum absolute atomic E-state index is 0.382. The normalized spacial score (nSPS) is 13.5. The van der Waals surface area contributed by atoms with Crippen LogP contribution >= 0.6 is 0 Å². The van der Waals surface area contributed by atoms with Gasteiger partial charge in [0, 0.05) is 55.9 Å². The van der Waals surface area contributed by atoms with Gasteiger partial charge in [0.15, 0.2) is 0 Å². The summed E-state index contributed by atoms with van der Waals surface area (Å²) in [5.74, 6) is 1.23. The monoisotopic (exact) mass is 612 g/mol. The average Bonchev–Trinajstić information content (AvgIpc) is 3.08. The van der Waals surface area contributed by atoms with Crippen LogP contribution in [0.2, 0.25) is 0 Å². The van der Waals surface area contributed by atoms with E-state index in [1.165, 1.54) is 10.6 Å². The van der Waals surface area contributed by atoms with Gasteiger partial charge in [-0.3, -0.25) is 4.90 Å². The Balaban J connectivity index is 1.22. The molecular weight excluding hydrogens is 572 g/mol. The Morgan fingerprint density at radius 3 is 2.09 bits per heavy atom. The Hall–Kier alpha value is -5.21. The molecule has 0 radical (unpaired) electrons. The largest absolute Gasteiger partial charge is 0.425 e. The topological polar surface area (TPSA) is 73.8 Å². The van der Waals surface area contributed by atoms with Gasteiger partial charge in [0.2, 0.25) is 5.95 Å². The van der Waals surface area contributed by atoms with Crippen LogP contribution in [0.4, 0.5) is 33.6 Å². The highest BCUT2D eigenvalue weighted by Gasteiger charge is 2.26. The first-order valence-corrected chi connectivity index (χ1v) is 15.8. The summed E-state index contributed by atoms with van der Waals surface area (Å²) in [7, 11) is 0. The van der Waals surface area contributed by atoms with Crippen molar-refractivity contribution in [3.8, 4) is 16.9 Å². The maximum absolute atomic E-state index is 13.9. The van der Waals surface area contributed by atoms with E-state index in [1.54, 1.807) is 12.3 Å². The third kappa shape index (κ3) is 7.03. The number of aromatic nitrogens is 2. The van der Waals surface area contributed by atoms with Gasteiger partial charge < -0.3 is 15.0 Å². The van der Waals surface area contributed by atoms with Crippen molar-refractivity contribution in [2.75, 3.05) is 41.3 Å². The third-order valence-corrected chi connectivity index (χ3v) is 8.42. The molecule has 8 nitrogen and oxygen atoms in total. The summed E-state index contributed by atoms with van der Waals surface area (Å²) in [5, 5.41) is 3.31. The van der Waals surface area contributed by atoms with Crippen molar-refractivity contribution in [3.05, 3.63) is 120 Å². The maximum atomic E-state index is 13.9. The van der Waals surface area contributed by atoms with Gasteiger partial charge in [-0.1, -0.05) is 60.7 Å². The van der Waals surface area contributed by atoms with Gasteiger partial charge >= 0.3 is 6.09 Å². The molecule has 2 heterocycles. The number of para-hydroxylation sites is 1. The number of carbonyl (C=O) groups excluding carboxylic acids is 1. The minimum Gasteiger partial charge on any atom is -0.410 e. The molecule has 1 aliphatic heterocycles. The fourth-order valence-corrected chi connectivity index (χ4v) is 5.87. The molecule has 46 heavy (non-hydrogen) atoms. The Morgan fingerprint density at radius 2 is 1.43 bits per heavy atom. The van der Waals surface area contributed by atoms with Crippen LogP contribution in [-0.4, -0.2) is 53.2 Å². The molecule has 8 heteroatoms. The van der Waals surface area contributed by atoms with Crippen LogP contribution in [-0.2, 0) is 0 Å². The number of anilines is 5. The highest BCUT2D eigenvalue weighted by molar-refractivity contribution is 5.98. The lowest BCUT2D eigenvalue weighted by molar-refractivity contribution is 0.209. The van der Waals surface area contributed by atoms with Crippen molar-refractivity contribution in [2.45, 2.75) is 33.7 Å². The van der Waals surface area contributed by atoms with Crippen LogP contribution < -0.4 is 19.9 Å². The zero-order valence-corrected chi connectivity index (χ0v) is 26.9. The van der Waals surface area contributed by atoms with Gasteiger partial charge in [-0.2, -0.15) is 4.98 Å². The van der Waals surface area contributed by atoms with E-state index >= 15 is 0 Å². The van der Waals surface area contributed by atoms with Gasteiger partial charge in [-0.15, -0.1) is 0 Å². The Morgan fingerprint density at radius 1 is 0.783 bits per heavy atom. The van der Waals surface area contributed by atoms with Gasteiger partial charge in [0.05, 0.1) is 5.69 Å². The first kappa shape index (κ1) is 30.8. The van der Waals surface area contributed by atoms with Crippen molar-refractivity contribution < 1.29 is 9.53 Å². The predicted octanol–water partition coefficient (Wildman–Crippen LogP) is 8.37. The molecule has 1 aliphatic rings. The van der Waals surface area contributed by atoms with E-state index in [9.17, 15) is 4.79 Å². The Labute approximate surface area is 271 Å². The van der Waals surface area contributed by atoms with Crippen LogP contribution in [0.3, 0.4) is 0 Å². The lowest BCUT2D eigenvalue weighted by Gasteiger charge is -2.38. The Bertz CT molecular complexity index is 1750. The van der Waals surface area contributed by atoms with Crippen LogP contribution in [0.1, 0.15) is 25.0 Å². The van der Waals surface area contributed by atoms with Crippen LogP contribution in [0.25, 0.3) is 11.1 Å². The molecule has 1 N–H and O–H groups in total. The number of nitrogens with zero attached hydrogens (tertiary/aromatic N) is 5. The predicted molar refractivity (Wildman–Crippen MR) is 187 cm³/mol. The number of nitrogens with one attached hydrogen (secondary N) is 1. The number of carbonyl (C=O) groups is 1. The second-order valence-electron chi connectivity index (χ2n) is 11.9. The smallest absolute Gasteiger partial charge is 0.410 e. The first-order valence-electron chi connectivity index (χ1n) is 15.8. The number of hydrogen-bond donors (Lipinski definition) is 1. The molecule has 1 aromatic heterocycles. The molecule has 0 spiro atoms. The van der Waals surface area contributed by atoms with Gasteiger partial charge in [0.1, 0.15) is 11.6 Å². The molecule has 4 aromatic carbocycles. The van der Waals surface area contributed by atoms with Gasteiger partial charge in [-0.25, -0.2) is 14.7 Å². The molecule has 0 atom stereocenters. The highest BCUT2D eigenvalue weighted by Crippen LogP contribution is 2.33. The average molecular weight is 613 g/mol. The summed E-state index contributed by atoms with van der Waals surface area (Å²) < 4.78 is 5.93. The zero-order valence-electron chi connectivity index (χ0n) is 26.9. The van der Waals surface area contributed by atoms with Crippen LogP contribution in [0.15, 0.2) is 109 Å². The second-order valence-corrected chi connectivity index (χ2v) is 11.9. The summed E-state index contributed by atoms with van der Waals surface area (Å²) in [6.45, 7) is 12.6. The number of piperazine rings is 1.